The van der Waals surface area contributed by atoms with Gasteiger partial charge in [-0.15, -0.1) is 0 Å². The van der Waals surface area contributed by atoms with Crippen LogP contribution in [0, 0.1) is 0 Å². The number of anilines is 1. The van der Waals surface area contributed by atoms with Crippen molar-refractivity contribution in [3.63, 3.8) is 0 Å². The Balaban J connectivity index is 1.81. The van der Waals surface area contributed by atoms with Crippen LogP contribution >= 0.6 is 0 Å². The van der Waals surface area contributed by atoms with Gasteiger partial charge in [-0.1, -0.05) is 30.3 Å². The van der Waals surface area contributed by atoms with Crippen molar-refractivity contribution in [3.8, 4) is 0 Å². The Morgan fingerprint density at radius 3 is 2.56 bits per heavy atom. The third kappa shape index (κ3) is 4.88. The second-order valence-electron chi connectivity index (χ2n) is 7.73. The number of carbonyl (C=O) groups excluding carboxylic acids is 1. The van der Waals surface area contributed by atoms with E-state index in [0.717, 1.165) is 25.3 Å². The van der Waals surface area contributed by atoms with Crippen molar-refractivity contribution >= 4 is 17.9 Å². The van der Waals surface area contributed by atoms with E-state index < -0.39 is 11.6 Å². The first-order valence-electron chi connectivity index (χ1n) is 9.27. The summed E-state index contributed by atoms with van der Waals surface area (Å²) in [5.41, 5.74) is 1.08. The lowest BCUT2D eigenvalue weighted by atomic mass is 10.1. The summed E-state index contributed by atoms with van der Waals surface area (Å²) in [5, 5.41) is 0. The summed E-state index contributed by atoms with van der Waals surface area (Å²) in [6.07, 6.45) is 3.78. The molecule has 0 bridgehead atoms. The highest BCUT2D eigenvalue weighted by Crippen LogP contribution is 2.21. The molecule has 5 heteroatoms. The molecule has 0 N–H and O–H groups in total. The fourth-order valence-electron chi connectivity index (χ4n) is 3.20. The normalized spacial score (nSPS) is 14.3. The van der Waals surface area contributed by atoms with E-state index >= 15 is 0 Å². The van der Waals surface area contributed by atoms with E-state index in [1.807, 2.05) is 45.0 Å². The van der Waals surface area contributed by atoms with Gasteiger partial charge in [-0.25, -0.2) is 4.79 Å². The van der Waals surface area contributed by atoms with Gasteiger partial charge in [0, 0.05) is 31.3 Å². The zero-order chi connectivity index (χ0) is 19.4. The quantitative estimate of drug-likeness (QED) is 0.613. The van der Waals surface area contributed by atoms with Gasteiger partial charge in [-0.3, -0.25) is 9.36 Å². The van der Waals surface area contributed by atoms with E-state index in [4.69, 9.17) is 4.74 Å². The topological polar surface area (TPSA) is 51.5 Å². The van der Waals surface area contributed by atoms with Crippen molar-refractivity contribution in [3.05, 3.63) is 70.0 Å². The van der Waals surface area contributed by atoms with Gasteiger partial charge in [0.05, 0.1) is 0 Å². The number of nitrogens with zero attached hydrogens (tertiary/aromatic N) is 2. The zero-order valence-electron chi connectivity index (χ0n) is 16.1. The molecule has 27 heavy (non-hydrogen) atoms. The molecule has 3 rings (SSSR count). The Morgan fingerprint density at radius 2 is 1.85 bits per heavy atom. The molecular weight excluding hydrogens is 340 g/mol. The zero-order valence-corrected chi connectivity index (χ0v) is 16.1. The molecule has 1 aliphatic rings. The smallest absolute Gasteiger partial charge is 0.331 e. The fraction of sp³-hybridized carbons (Fsp3) is 0.364. The summed E-state index contributed by atoms with van der Waals surface area (Å²) < 4.78 is 7.05. The number of ether oxygens (including phenoxy) is 1. The van der Waals surface area contributed by atoms with Gasteiger partial charge in [0.25, 0.3) is 5.56 Å². The summed E-state index contributed by atoms with van der Waals surface area (Å²) in [6, 6.07) is 14.0. The standard InChI is InChI=1S/C22H26N2O3/c1-22(2,3)27-20(25)13-11-18-10-12-19-23(14-7-15-24(19)21(18)26)16-17-8-5-4-6-9-17/h4-6,8-13H,7,14-16H2,1-3H3/b13-11+. The molecule has 0 amide bonds. The van der Waals surface area contributed by atoms with Crippen molar-refractivity contribution in [1.82, 2.24) is 4.57 Å². The van der Waals surface area contributed by atoms with Crippen molar-refractivity contribution in [2.45, 2.75) is 45.9 Å². The maximum Gasteiger partial charge on any atom is 0.331 e. The third-order valence-corrected chi connectivity index (χ3v) is 4.34. The highest BCUT2D eigenvalue weighted by atomic mass is 16.6. The highest BCUT2D eigenvalue weighted by Gasteiger charge is 2.19. The number of hydrogen-bond donors (Lipinski definition) is 0. The predicted octanol–water partition coefficient (Wildman–Crippen LogP) is 3.61. The molecular formula is C22H26N2O3. The van der Waals surface area contributed by atoms with Crippen LogP contribution in [0.5, 0.6) is 0 Å². The van der Waals surface area contributed by atoms with Crippen molar-refractivity contribution in [2.24, 2.45) is 0 Å². The number of fused-ring (bicyclic) bond motifs is 1. The lowest BCUT2D eigenvalue weighted by molar-refractivity contribution is -0.148. The minimum Gasteiger partial charge on any atom is -0.457 e. The number of esters is 1. The van der Waals surface area contributed by atoms with Crippen molar-refractivity contribution < 1.29 is 9.53 Å². The van der Waals surface area contributed by atoms with Crippen LogP contribution in [0.2, 0.25) is 0 Å². The molecule has 0 unspecified atom stereocenters. The summed E-state index contributed by atoms with van der Waals surface area (Å²) in [4.78, 5) is 26.9. The number of pyridine rings is 1. The van der Waals surface area contributed by atoms with E-state index in [1.54, 1.807) is 16.7 Å². The summed E-state index contributed by atoms with van der Waals surface area (Å²) in [5.74, 6) is 0.472. The van der Waals surface area contributed by atoms with Gasteiger partial charge in [0.15, 0.2) is 0 Å². The summed E-state index contributed by atoms with van der Waals surface area (Å²) in [7, 11) is 0. The molecule has 5 nitrogen and oxygen atoms in total. The first kappa shape index (κ1) is 19.0. The molecule has 1 aliphatic heterocycles. The molecule has 0 atom stereocenters. The summed E-state index contributed by atoms with van der Waals surface area (Å²) in [6.45, 7) is 7.82. The van der Waals surface area contributed by atoms with Crippen LogP contribution in [-0.4, -0.2) is 22.7 Å². The average molecular weight is 366 g/mol. The summed E-state index contributed by atoms with van der Waals surface area (Å²) >= 11 is 0. The molecule has 1 aromatic heterocycles. The second-order valence-corrected chi connectivity index (χ2v) is 7.73. The molecule has 2 aromatic rings. The van der Waals surface area contributed by atoms with Crippen LogP contribution in [-0.2, 0) is 22.6 Å². The van der Waals surface area contributed by atoms with Crippen LogP contribution in [0.3, 0.4) is 0 Å². The Hall–Kier alpha value is -2.82. The lowest BCUT2D eigenvalue weighted by Crippen LogP contribution is -2.37. The first-order valence-corrected chi connectivity index (χ1v) is 9.27. The van der Waals surface area contributed by atoms with Crippen LogP contribution in [0.1, 0.15) is 38.3 Å². The molecule has 142 valence electrons. The highest BCUT2D eigenvalue weighted by molar-refractivity contribution is 5.87. The lowest BCUT2D eigenvalue weighted by Gasteiger charge is -2.32. The van der Waals surface area contributed by atoms with E-state index in [9.17, 15) is 9.59 Å². The molecule has 0 spiro atoms. The third-order valence-electron chi connectivity index (χ3n) is 4.34. The van der Waals surface area contributed by atoms with Crippen LogP contribution < -0.4 is 10.5 Å². The fourth-order valence-corrected chi connectivity index (χ4v) is 3.20. The second kappa shape index (κ2) is 7.82. The van der Waals surface area contributed by atoms with Gasteiger partial charge >= 0.3 is 5.97 Å². The maximum atomic E-state index is 12.8. The van der Waals surface area contributed by atoms with Gasteiger partial charge in [-0.05, 0) is 51.0 Å². The van der Waals surface area contributed by atoms with Gasteiger partial charge in [0.1, 0.15) is 11.4 Å². The first-order chi connectivity index (χ1) is 12.8. The van der Waals surface area contributed by atoms with Crippen LogP contribution in [0.4, 0.5) is 5.82 Å². The van der Waals surface area contributed by atoms with Crippen molar-refractivity contribution in [2.75, 3.05) is 11.4 Å². The van der Waals surface area contributed by atoms with E-state index in [2.05, 4.69) is 17.0 Å². The Bertz CT molecular complexity index is 892. The monoisotopic (exact) mass is 366 g/mol. The molecule has 0 radical (unpaired) electrons. The number of rotatable bonds is 4. The van der Waals surface area contributed by atoms with Gasteiger partial charge in [-0.2, -0.15) is 0 Å². The molecule has 0 saturated heterocycles. The number of hydrogen-bond acceptors (Lipinski definition) is 4. The minimum absolute atomic E-state index is 0.0786. The van der Waals surface area contributed by atoms with Crippen LogP contribution in [0.15, 0.2) is 53.3 Å². The van der Waals surface area contributed by atoms with E-state index in [1.165, 1.54) is 11.6 Å². The largest absolute Gasteiger partial charge is 0.457 e. The van der Waals surface area contributed by atoms with Gasteiger partial charge in [0.2, 0.25) is 0 Å². The Morgan fingerprint density at radius 1 is 1.11 bits per heavy atom. The molecule has 2 heterocycles. The van der Waals surface area contributed by atoms with Crippen molar-refractivity contribution in [1.29, 1.82) is 0 Å². The number of aromatic nitrogens is 1. The van der Waals surface area contributed by atoms with E-state index in [0.29, 0.717) is 12.1 Å². The van der Waals surface area contributed by atoms with Crippen LogP contribution in [0.25, 0.3) is 6.08 Å². The minimum atomic E-state index is -0.551. The molecule has 0 saturated carbocycles. The molecule has 0 fully saturated rings. The SMILES string of the molecule is CC(C)(C)OC(=O)/C=C/c1ccc2n(c1=O)CCCN2Cc1ccccc1. The molecule has 0 aliphatic carbocycles. The maximum absolute atomic E-state index is 12.8. The Labute approximate surface area is 159 Å². The van der Waals surface area contributed by atoms with E-state index in [-0.39, 0.29) is 5.56 Å². The predicted molar refractivity (Wildman–Crippen MR) is 108 cm³/mol. The Kier molecular flexibility index (Phi) is 5.49. The molecule has 1 aromatic carbocycles. The number of carbonyl (C=O) groups is 1. The number of benzene rings is 1. The van der Waals surface area contributed by atoms with Gasteiger partial charge < -0.3 is 9.64 Å². The average Bonchev–Trinajstić information content (AvgIpc) is 2.61.